The average molecular weight is 255 g/mol. The summed E-state index contributed by atoms with van der Waals surface area (Å²) in [6, 6.07) is -0.0113. The maximum absolute atomic E-state index is 12.1. The van der Waals surface area contributed by atoms with Gasteiger partial charge in [0.2, 0.25) is 5.91 Å². The second-order valence-corrected chi connectivity index (χ2v) is 5.16. The van der Waals surface area contributed by atoms with E-state index in [0.717, 1.165) is 39.0 Å². The number of likely N-dealkylation sites (N-methyl/N-ethyl adjacent to an activating group) is 1. The maximum atomic E-state index is 12.1. The van der Waals surface area contributed by atoms with E-state index >= 15 is 0 Å². The molecular weight excluding hydrogens is 226 g/mol. The minimum Gasteiger partial charge on any atom is -0.325 e. The minimum absolute atomic E-state index is 0.0113. The van der Waals surface area contributed by atoms with Gasteiger partial charge in [-0.05, 0) is 32.9 Å². The number of hydrogen-bond acceptors (Lipinski definition) is 3. The first-order valence-corrected chi connectivity index (χ1v) is 7.42. The average Bonchev–Trinajstić information content (AvgIpc) is 2.62. The summed E-state index contributed by atoms with van der Waals surface area (Å²) in [5.41, 5.74) is 0. The van der Waals surface area contributed by atoms with Crippen LogP contribution in [0.2, 0.25) is 0 Å². The van der Waals surface area contributed by atoms with Crippen LogP contribution in [0.25, 0.3) is 0 Å². The van der Waals surface area contributed by atoms with Gasteiger partial charge in [-0.2, -0.15) is 0 Å². The fourth-order valence-electron chi connectivity index (χ4n) is 2.62. The third-order valence-electron chi connectivity index (χ3n) is 3.68. The van der Waals surface area contributed by atoms with Crippen molar-refractivity contribution in [2.45, 2.75) is 59.2 Å². The van der Waals surface area contributed by atoms with Gasteiger partial charge in [-0.15, -0.1) is 0 Å². The van der Waals surface area contributed by atoms with Gasteiger partial charge in [0.05, 0.1) is 12.2 Å². The highest BCUT2D eigenvalue weighted by Gasteiger charge is 2.35. The van der Waals surface area contributed by atoms with E-state index < -0.39 is 0 Å². The lowest BCUT2D eigenvalue weighted by atomic mass is 10.2. The Morgan fingerprint density at radius 1 is 1.22 bits per heavy atom. The fourth-order valence-corrected chi connectivity index (χ4v) is 2.62. The summed E-state index contributed by atoms with van der Waals surface area (Å²) in [4.78, 5) is 16.5. The molecule has 4 nitrogen and oxygen atoms in total. The molecule has 1 heterocycles. The van der Waals surface area contributed by atoms with Crippen molar-refractivity contribution in [2.75, 3.05) is 26.2 Å². The largest absolute Gasteiger partial charge is 0.325 e. The molecule has 1 rings (SSSR count). The molecule has 1 saturated heterocycles. The van der Waals surface area contributed by atoms with E-state index in [-0.39, 0.29) is 18.1 Å². The van der Waals surface area contributed by atoms with E-state index in [9.17, 15) is 4.79 Å². The number of carbonyl (C=O) groups is 1. The van der Waals surface area contributed by atoms with Crippen molar-refractivity contribution < 1.29 is 4.79 Å². The van der Waals surface area contributed by atoms with Crippen molar-refractivity contribution in [2.24, 2.45) is 0 Å². The number of rotatable bonds is 8. The Balaban J connectivity index is 2.49. The van der Waals surface area contributed by atoms with Crippen molar-refractivity contribution in [1.82, 2.24) is 15.1 Å². The van der Waals surface area contributed by atoms with E-state index in [2.05, 4.69) is 31.0 Å². The molecule has 18 heavy (non-hydrogen) atoms. The van der Waals surface area contributed by atoms with E-state index in [1.54, 1.807) is 0 Å². The highest BCUT2D eigenvalue weighted by Crippen LogP contribution is 2.14. The van der Waals surface area contributed by atoms with Gasteiger partial charge in [-0.25, -0.2) is 0 Å². The molecule has 1 amide bonds. The molecule has 1 aliphatic rings. The van der Waals surface area contributed by atoms with Crippen LogP contribution in [0.4, 0.5) is 0 Å². The molecule has 0 saturated carbocycles. The Kier molecular flexibility index (Phi) is 6.65. The molecule has 1 fully saturated rings. The highest BCUT2D eigenvalue weighted by molar-refractivity contribution is 5.83. The molecule has 0 aromatic rings. The molecule has 4 heteroatoms. The van der Waals surface area contributed by atoms with Crippen molar-refractivity contribution in [3.05, 3.63) is 0 Å². The van der Waals surface area contributed by atoms with Crippen LogP contribution < -0.4 is 5.32 Å². The topological polar surface area (TPSA) is 35.6 Å². The molecule has 106 valence electrons. The Morgan fingerprint density at radius 2 is 1.94 bits per heavy atom. The zero-order chi connectivity index (χ0) is 13.5. The first-order valence-electron chi connectivity index (χ1n) is 7.42. The minimum atomic E-state index is -0.0113. The van der Waals surface area contributed by atoms with Crippen LogP contribution in [-0.4, -0.2) is 54.1 Å². The van der Waals surface area contributed by atoms with Crippen LogP contribution in [0.15, 0.2) is 0 Å². The van der Waals surface area contributed by atoms with Crippen LogP contribution in [-0.2, 0) is 4.79 Å². The number of hydrogen-bond donors (Lipinski definition) is 1. The lowest BCUT2D eigenvalue weighted by Crippen LogP contribution is -2.42. The Bertz CT molecular complexity index is 257. The third-order valence-corrected chi connectivity index (χ3v) is 3.68. The Labute approximate surface area is 112 Å². The summed E-state index contributed by atoms with van der Waals surface area (Å²) in [5, 5.41) is 3.39. The molecule has 0 aromatic carbocycles. The zero-order valence-electron chi connectivity index (χ0n) is 12.4. The third kappa shape index (κ3) is 3.95. The number of carbonyl (C=O) groups excluding carboxylic acids is 1. The van der Waals surface area contributed by atoms with Crippen molar-refractivity contribution >= 4 is 5.91 Å². The van der Waals surface area contributed by atoms with E-state index in [1.165, 1.54) is 6.42 Å². The van der Waals surface area contributed by atoms with Gasteiger partial charge in [0, 0.05) is 13.1 Å². The molecule has 0 spiro atoms. The molecule has 0 radical (unpaired) electrons. The fraction of sp³-hybridized carbons (Fsp3) is 0.929. The van der Waals surface area contributed by atoms with Gasteiger partial charge < -0.3 is 9.80 Å². The smallest absolute Gasteiger partial charge is 0.240 e. The van der Waals surface area contributed by atoms with Crippen molar-refractivity contribution in [3.63, 3.8) is 0 Å². The van der Waals surface area contributed by atoms with Gasteiger partial charge in [-0.3, -0.25) is 10.1 Å². The van der Waals surface area contributed by atoms with E-state index in [0.29, 0.717) is 0 Å². The summed E-state index contributed by atoms with van der Waals surface area (Å²) in [6.45, 7) is 12.6. The van der Waals surface area contributed by atoms with Crippen LogP contribution >= 0.6 is 0 Å². The lowest BCUT2D eigenvalue weighted by Gasteiger charge is -2.27. The predicted octanol–water partition coefficient (Wildman–Crippen LogP) is 1.66. The SMILES string of the molecule is CCCC1NC(C)C(=O)N1CCN(CC)CCC. The standard InChI is InChI=1S/C14H29N3O/c1-5-8-13-15-12(4)14(18)17(13)11-10-16(7-3)9-6-2/h12-13,15H,5-11H2,1-4H3. The van der Waals surface area contributed by atoms with E-state index in [4.69, 9.17) is 0 Å². The van der Waals surface area contributed by atoms with Gasteiger partial charge in [0.15, 0.2) is 0 Å². The molecule has 1 aliphatic heterocycles. The van der Waals surface area contributed by atoms with Crippen LogP contribution in [0, 0.1) is 0 Å². The molecule has 0 aliphatic carbocycles. The summed E-state index contributed by atoms with van der Waals surface area (Å²) in [7, 11) is 0. The predicted molar refractivity (Wildman–Crippen MR) is 75.4 cm³/mol. The monoisotopic (exact) mass is 255 g/mol. The Hall–Kier alpha value is -0.610. The molecule has 2 unspecified atom stereocenters. The summed E-state index contributed by atoms with van der Waals surface area (Å²) in [5.74, 6) is 0.265. The summed E-state index contributed by atoms with van der Waals surface area (Å²) >= 11 is 0. The van der Waals surface area contributed by atoms with E-state index in [1.807, 2.05) is 11.8 Å². The maximum Gasteiger partial charge on any atom is 0.240 e. The molecule has 0 aromatic heterocycles. The van der Waals surface area contributed by atoms with Crippen molar-refractivity contribution in [3.8, 4) is 0 Å². The normalized spacial score (nSPS) is 24.3. The second kappa shape index (κ2) is 7.74. The summed E-state index contributed by atoms with van der Waals surface area (Å²) in [6.07, 6.45) is 3.59. The van der Waals surface area contributed by atoms with Gasteiger partial charge in [0.25, 0.3) is 0 Å². The van der Waals surface area contributed by atoms with Crippen LogP contribution in [0.5, 0.6) is 0 Å². The highest BCUT2D eigenvalue weighted by atomic mass is 16.2. The van der Waals surface area contributed by atoms with Gasteiger partial charge >= 0.3 is 0 Å². The quantitative estimate of drug-likeness (QED) is 0.716. The first kappa shape index (κ1) is 15.4. The number of nitrogens with one attached hydrogen (secondary N) is 1. The Morgan fingerprint density at radius 3 is 2.50 bits per heavy atom. The lowest BCUT2D eigenvalue weighted by molar-refractivity contribution is -0.130. The van der Waals surface area contributed by atoms with Crippen LogP contribution in [0.3, 0.4) is 0 Å². The second-order valence-electron chi connectivity index (χ2n) is 5.16. The number of nitrogens with zero attached hydrogens (tertiary/aromatic N) is 2. The first-order chi connectivity index (χ1) is 8.63. The van der Waals surface area contributed by atoms with Crippen LogP contribution in [0.1, 0.15) is 47.0 Å². The van der Waals surface area contributed by atoms with Gasteiger partial charge in [-0.1, -0.05) is 27.2 Å². The number of amides is 1. The molecule has 1 N–H and O–H groups in total. The van der Waals surface area contributed by atoms with Gasteiger partial charge in [0.1, 0.15) is 0 Å². The molecule has 0 bridgehead atoms. The summed E-state index contributed by atoms with van der Waals surface area (Å²) < 4.78 is 0. The zero-order valence-corrected chi connectivity index (χ0v) is 12.4. The molecular formula is C14H29N3O. The van der Waals surface area contributed by atoms with Crippen molar-refractivity contribution in [1.29, 1.82) is 0 Å². The molecule has 2 atom stereocenters.